The molecule has 0 aliphatic rings. The maximum Gasteiger partial charge on any atom is 0.326 e. The molecule has 0 aliphatic heterocycles. The van der Waals surface area contributed by atoms with Crippen molar-refractivity contribution in [2.75, 3.05) is 13.1 Å². The lowest BCUT2D eigenvalue weighted by atomic mass is 10.1. The van der Waals surface area contributed by atoms with Gasteiger partial charge in [0.2, 0.25) is 17.7 Å². The lowest BCUT2D eigenvalue weighted by Gasteiger charge is -2.20. The van der Waals surface area contributed by atoms with E-state index in [1.54, 1.807) is 6.92 Å². The predicted octanol–water partition coefficient (Wildman–Crippen LogP) is 0.343. The summed E-state index contributed by atoms with van der Waals surface area (Å²) in [5.41, 5.74) is 16.2. The third-order valence-electron chi connectivity index (χ3n) is 5.27. The second kappa shape index (κ2) is 24.3. The van der Waals surface area contributed by atoms with E-state index in [2.05, 4.69) is 20.9 Å². The van der Waals surface area contributed by atoms with Crippen LogP contribution in [-0.4, -0.2) is 71.1 Å². The van der Waals surface area contributed by atoms with Gasteiger partial charge in [0.25, 0.3) is 0 Å². The van der Waals surface area contributed by atoms with Gasteiger partial charge in [-0.1, -0.05) is 50.1 Å². The van der Waals surface area contributed by atoms with Crippen LogP contribution in [0.15, 0.2) is 35.3 Å². The summed E-state index contributed by atoms with van der Waals surface area (Å²) in [6.07, 6.45) is 4.11. The van der Waals surface area contributed by atoms with Crippen LogP contribution in [0.2, 0.25) is 0 Å². The Morgan fingerprint density at radius 1 is 0.875 bits per heavy atom. The van der Waals surface area contributed by atoms with Gasteiger partial charge in [-0.2, -0.15) is 0 Å². The maximum absolute atomic E-state index is 12.1. The number of carbonyl (C=O) groups excluding carboxylic acids is 3. The molecule has 0 aromatic heterocycles. The Hall–Kier alpha value is -3.71. The molecule has 40 heavy (non-hydrogen) atoms. The maximum atomic E-state index is 12.1. The van der Waals surface area contributed by atoms with E-state index in [0.717, 1.165) is 31.2 Å². The average molecular weight is 568 g/mol. The van der Waals surface area contributed by atoms with Crippen LogP contribution in [0.25, 0.3) is 0 Å². The van der Waals surface area contributed by atoms with Crippen LogP contribution < -0.4 is 33.2 Å². The van der Waals surface area contributed by atoms with Crippen LogP contribution in [0.4, 0.5) is 0 Å². The van der Waals surface area contributed by atoms with Gasteiger partial charge >= 0.3 is 5.97 Å². The summed E-state index contributed by atoms with van der Waals surface area (Å²) in [4.78, 5) is 50.3. The zero-order chi connectivity index (χ0) is 30.9. The molecule has 3 atom stereocenters. The first-order chi connectivity index (χ1) is 18.9. The molecule has 0 fully saturated rings. The van der Waals surface area contributed by atoms with Crippen molar-refractivity contribution in [3.8, 4) is 0 Å². The van der Waals surface area contributed by atoms with E-state index in [1.165, 1.54) is 13.8 Å². The number of nitrogens with two attached hydrogens (primary N) is 3. The fourth-order valence-corrected chi connectivity index (χ4v) is 2.97. The van der Waals surface area contributed by atoms with Crippen LogP contribution in [0.1, 0.15) is 71.8 Å². The van der Waals surface area contributed by atoms with Crippen molar-refractivity contribution in [1.82, 2.24) is 16.0 Å². The van der Waals surface area contributed by atoms with Gasteiger partial charge in [-0.25, -0.2) is 4.79 Å². The van der Waals surface area contributed by atoms with Gasteiger partial charge in [0, 0.05) is 13.0 Å². The number of amides is 3. The predicted molar refractivity (Wildman–Crippen MR) is 156 cm³/mol. The number of aliphatic hydroxyl groups excluding tert-OH is 1. The Bertz CT molecular complexity index is 879. The number of aliphatic carboxylic acids is 1. The number of nitrogens with zero attached hydrogens (tertiary/aromatic N) is 1. The normalized spacial score (nSPS) is 12.1. The van der Waals surface area contributed by atoms with E-state index < -0.39 is 35.9 Å². The number of rotatable bonds is 15. The molecular weight excluding hydrogens is 518 g/mol. The van der Waals surface area contributed by atoms with E-state index >= 15 is 0 Å². The first-order valence-electron chi connectivity index (χ1n) is 13.5. The molecule has 228 valence electrons. The number of carboxylic acid groups (broad SMARTS) is 1. The summed E-state index contributed by atoms with van der Waals surface area (Å²) < 4.78 is 0. The molecule has 13 heteroatoms. The molecule has 0 bridgehead atoms. The minimum Gasteiger partial charge on any atom is -0.480 e. The van der Waals surface area contributed by atoms with Crippen molar-refractivity contribution in [2.45, 2.75) is 91.0 Å². The molecular formula is C27H49N7O6. The molecule has 1 aromatic carbocycles. The molecule has 11 N–H and O–H groups in total. The van der Waals surface area contributed by atoms with Crippen LogP contribution >= 0.6 is 0 Å². The van der Waals surface area contributed by atoms with Crippen LogP contribution in [0, 0.1) is 0 Å². The van der Waals surface area contributed by atoms with E-state index in [-0.39, 0.29) is 24.9 Å². The summed E-state index contributed by atoms with van der Waals surface area (Å²) in [6.45, 7) is 7.94. The standard InChI is InChI=1S/C17H32N4O5.C7H8O.C3H9N3/c1-4-13(17(25)26)21-16(24)12(3)20-15(23)11(2)19-14(22)9-7-5-6-8-10-18;8-6-7-4-2-1-3-5-7;1-2-6-3(4)5/h11-13H,4-10,18H2,1-3H3,(H,19,22)(H,20,23)(H,21,24)(H,25,26);1-5,8H,6H2;2H2,1H3,(H4,4,5,6). The van der Waals surface area contributed by atoms with E-state index in [9.17, 15) is 19.2 Å². The minimum atomic E-state index is -1.13. The molecule has 0 saturated heterocycles. The van der Waals surface area contributed by atoms with Crippen LogP contribution in [0.5, 0.6) is 0 Å². The van der Waals surface area contributed by atoms with E-state index in [0.29, 0.717) is 19.5 Å². The Labute approximate surface area is 237 Å². The first-order valence-corrected chi connectivity index (χ1v) is 13.5. The Morgan fingerprint density at radius 3 is 1.85 bits per heavy atom. The number of guanidine groups is 1. The fraction of sp³-hybridized carbons (Fsp3) is 0.593. The molecule has 3 unspecified atom stereocenters. The Kier molecular flexibility index (Phi) is 23.4. The summed E-state index contributed by atoms with van der Waals surface area (Å²) in [5, 5.41) is 24.9. The lowest BCUT2D eigenvalue weighted by molar-refractivity contribution is -0.142. The summed E-state index contributed by atoms with van der Waals surface area (Å²) >= 11 is 0. The van der Waals surface area contributed by atoms with Gasteiger partial charge in [0.15, 0.2) is 5.96 Å². The van der Waals surface area contributed by atoms with Crippen molar-refractivity contribution < 1.29 is 29.4 Å². The lowest BCUT2D eigenvalue weighted by Crippen LogP contribution is -2.53. The molecule has 0 heterocycles. The average Bonchev–Trinajstić information content (AvgIpc) is 2.92. The molecule has 13 nitrogen and oxygen atoms in total. The Morgan fingerprint density at radius 2 is 1.43 bits per heavy atom. The largest absolute Gasteiger partial charge is 0.480 e. The number of carbonyl (C=O) groups is 4. The van der Waals surface area contributed by atoms with Crippen molar-refractivity contribution >= 4 is 29.7 Å². The quantitative estimate of drug-likeness (QED) is 0.0827. The number of hydrogen-bond acceptors (Lipinski definition) is 7. The van der Waals surface area contributed by atoms with Crippen LogP contribution in [-0.2, 0) is 25.8 Å². The van der Waals surface area contributed by atoms with Gasteiger partial charge in [0.1, 0.15) is 18.1 Å². The number of carboxylic acids is 1. The smallest absolute Gasteiger partial charge is 0.326 e. The number of aliphatic imine (C=N–C) groups is 1. The number of nitrogens with one attached hydrogen (secondary N) is 3. The van der Waals surface area contributed by atoms with E-state index in [1.807, 2.05) is 37.3 Å². The molecule has 3 amide bonds. The summed E-state index contributed by atoms with van der Waals surface area (Å²) in [6, 6.07) is 6.82. The third-order valence-corrected chi connectivity index (χ3v) is 5.27. The summed E-state index contributed by atoms with van der Waals surface area (Å²) in [7, 11) is 0. The minimum absolute atomic E-state index is 0.140. The topological polar surface area (TPSA) is 235 Å². The molecule has 0 radical (unpaired) electrons. The Balaban J connectivity index is 0. The number of unbranched alkanes of at least 4 members (excludes halogenated alkanes) is 3. The van der Waals surface area contributed by atoms with Gasteiger partial charge in [-0.15, -0.1) is 0 Å². The highest BCUT2D eigenvalue weighted by atomic mass is 16.4. The zero-order valence-corrected chi connectivity index (χ0v) is 24.2. The number of aliphatic hydroxyl groups is 1. The fourth-order valence-electron chi connectivity index (χ4n) is 2.97. The molecule has 1 aromatic rings. The second-order valence-electron chi connectivity index (χ2n) is 8.82. The first kappa shape index (κ1) is 38.4. The van der Waals surface area contributed by atoms with Crippen LogP contribution in [0.3, 0.4) is 0 Å². The van der Waals surface area contributed by atoms with Crippen molar-refractivity contribution in [2.24, 2.45) is 22.2 Å². The van der Waals surface area contributed by atoms with Gasteiger partial charge < -0.3 is 43.4 Å². The summed E-state index contributed by atoms with van der Waals surface area (Å²) in [5.74, 6) is -2.29. The molecule has 0 spiro atoms. The van der Waals surface area contributed by atoms with E-state index in [4.69, 9.17) is 27.4 Å². The van der Waals surface area contributed by atoms with Crippen molar-refractivity contribution in [1.29, 1.82) is 0 Å². The number of benzene rings is 1. The van der Waals surface area contributed by atoms with Gasteiger partial charge in [-0.3, -0.25) is 19.4 Å². The third kappa shape index (κ3) is 21.2. The second-order valence-corrected chi connectivity index (χ2v) is 8.82. The highest BCUT2D eigenvalue weighted by Gasteiger charge is 2.24. The highest BCUT2D eigenvalue weighted by Crippen LogP contribution is 2.02. The van der Waals surface area contributed by atoms with Crippen molar-refractivity contribution in [3.05, 3.63) is 35.9 Å². The number of hydrogen-bond donors (Lipinski definition) is 8. The highest BCUT2D eigenvalue weighted by molar-refractivity contribution is 5.92. The molecule has 0 saturated carbocycles. The van der Waals surface area contributed by atoms with Gasteiger partial charge in [0.05, 0.1) is 6.61 Å². The van der Waals surface area contributed by atoms with Gasteiger partial charge in [-0.05, 0) is 52.1 Å². The monoisotopic (exact) mass is 567 g/mol. The SMILES string of the molecule is CCC(NC(=O)C(C)NC(=O)C(C)NC(=O)CCCCCCN)C(=O)O.CCN=C(N)N.OCc1ccccc1. The molecule has 1 rings (SSSR count). The van der Waals surface area contributed by atoms with Crippen molar-refractivity contribution in [3.63, 3.8) is 0 Å². The molecule has 0 aliphatic carbocycles. The zero-order valence-electron chi connectivity index (χ0n) is 24.2.